The lowest BCUT2D eigenvalue weighted by molar-refractivity contribution is 0.340. The molecule has 102 valence electrons. The second-order valence-corrected chi connectivity index (χ2v) is 5.00. The Hall–Kier alpha value is -2.29. The van der Waals surface area contributed by atoms with Gasteiger partial charge in [-0.2, -0.15) is 0 Å². The summed E-state index contributed by atoms with van der Waals surface area (Å²) in [5, 5.41) is 0. The Kier molecular flexibility index (Phi) is 3.18. The lowest BCUT2D eigenvalue weighted by atomic mass is 10.1. The summed E-state index contributed by atoms with van der Waals surface area (Å²) in [6.07, 6.45) is 0. The van der Waals surface area contributed by atoms with Gasteiger partial charge in [-0.25, -0.2) is 4.98 Å². The van der Waals surface area contributed by atoms with Crippen molar-refractivity contribution in [1.29, 1.82) is 0 Å². The SMILES string of the molecule is CCOc1ccc(-c2nc3cc(C)c(C)cc3[nH]2)cc1. The van der Waals surface area contributed by atoms with Crippen LogP contribution < -0.4 is 4.74 Å². The van der Waals surface area contributed by atoms with Crippen molar-refractivity contribution in [2.24, 2.45) is 0 Å². The average molecular weight is 266 g/mol. The summed E-state index contributed by atoms with van der Waals surface area (Å²) in [7, 11) is 0. The first-order valence-electron chi connectivity index (χ1n) is 6.87. The van der Waals surface area contributed by atoms with Gasteiger partial charge >= 0.3 is 0 Å². The van der Waals surface area contributed by atoms with Gasteiger partial charge in [0.2, 0.25) is 0 Å². The number of rotatable bonds is 3. The van der Waals surface area contributed by atoms with E-state index in [1.165, 1.54) is 11.1 Å². The smallest absolute Gasteiger partial charge is 0.138 e. The summed E-state index contributed by atoms with van der Waals surface area (Å²) in [5.74, 6) is 1.78. The normalized spacial score (nSPS) is 10.9. The number of nitrogens with zero attached hydrogens (tertiary/aromatic N) is 1. The van der Waals surface area contributed by atoms with E-state index in [1.54, 1.807) is 0 Å². The van der Waals surface area contributed by atoms with Crippen molar-refractivity contribution in [3.05, 3.63) is 47.5 Å². The molecular weight excluding hydrogens is 248 g/mol. The van der Waals surface area contributed by atoms with E-state index in [2.05, 4.69) is 35.9 Å². The van der Waals surface area contributed by atoms with Crippen LogP contribution in [0.15, 0.2) is 36.4 Å². The summed E-state index contributed by atoms with van der Waals surface area (Å²) in [6, 6.07) is 12.3. The largest absolute Gasteiger partial charge is 0.494 e. The van der Waals surface area contributed by atoms with Crippen LogP contribution in [-0.2, 0) is 0 Å². The Labute approximate surface area is 118 Å². The van der Waals surface area contributed by atoms with Crippen LogP contribution in [0.4, 0.5) is 0 Å². The Morgan fingerprint density at radius 2 is 1.75 bits per heavy atom. The highest BCUT2D eigenvalue weighted by Crippen LogP contribution is 2.24. The van der Waals surface area contributed by atoms with Crippen LogP contribution in [0.5, 0.6) is 5.75 Å². The number of fused-ring (bicyclic) bond motifs is 1. The first-order chi connectivity index (χ1) is 9.67. The number of aromatic amines is 1. The third-order valence-electron chi connectivity index (χ3n) is 3.54. The van der Waals surface area contributed by atoms with Crippen molar-refractivity contribution >= 4 is 11.0 Å². The zero-order valence-corrected chi connectivity index (χ0v) is 12.0. The van der Waals surface area contributed by atoms with Gasteiger partial charge in [0, 0.05) is 5.56 Å². The lowest BCUT2D eigenvalue weighted by Gasteiger charge is -2.02. The summed E-state index contributed by atoms with van der Waals surface area (Å²) < 4.78 is 5.46. The number of hydrogen-bond acceptors (Lipinski definition) is 2. The topological polar surface area (TPSA) is 37.9 Å². The van der Waals surface area contributed by atoms with Crippen molar-refractivity contribution in [2.75, 3.05) is 6.61 Å². The molecule has 0 radical (unpaired) electrons. The summed E-state index contributed by atoms with van der Waals surface area (Å²) in [6.45, 7) is 6.90. The van der Waals surface area contributed by atoms with Gasteiger partial charge < -0.3 is 9.72 Å². The second kappa shape index (κ2) is 5.00. The van der Waals surface area contributed by atoms with Gasteiger partial charge in [0.1, 0.15) is 11.6 Å². The minimum absolute atomic E-state index is 0.683. The van der Waals surface area contributed by atoms with E-state index in [9.17, 15) is 0 Å². The highest BCUT2D eigenvalue weighted by molar-refractivity contribution is 5.81. The van der Waals surface area contributed by atoms with E-state index in [0.717, 1.165) is 28.2 Å². The van der Waals surface area contributed by atoms with E-state index in [1.807, 2.05) is 31.2 Å². The van der Waals surface area contributed by atoms with Crippen LogP contribution in [0.1, 0.15) is 18.1 Å². The standard InChI is InChI=1S/C17H18N2O/c1-4-20-14-7-5-13(6-8-14)17-18-15-9-11(2)12(3)10-16(15)19-17/h5-10H,4H2,1-3H3,(H,18,19). The Morgan fingerprint density at radius 3 is 2.45 bits per heavy atom. The number of ether oxygens (including phenoxy) is 1. The first-order valence-corrected chi connectivity index (χ1v) is 6.87. The highest BCUT2D eigenvalue weighted by Gasteiger charge is 2.07. The van der Waals surface area contributed by atoms with Gasteiger partial charge in [0.25, 0.3) is 0 Å². The molecule has 3 nitrogen and oxygen atoms in total. The average Bonchev–Trinajstić information content (AvgIpc) is 2.83. The van der Waals surface area contributed by atoms with E-state index >= 15 is 0 Å². The number of benzene rings is 2. The zero-order chi connectivity index (χ0) is 14.1. The molecule has 20 heavy (non-hydrogen) atoms. The van der Waals surface area contributed by atoms with E-state index < -0.39 is 0 Å². The van der Waals surface area contributed by atoms with Gasteiger partial charge in [-0.3, -0.25) is 0 Å². The first kappa shape index (κ1) is 12.7. The zero-order valence-electron chi connectivity index (χ0n) is 12.0. The van der Waals surface area contributed by atoms with Gasteiger partial charge in [-0.15, -0.1) is 0 Å². The Morgan fingerprint density at radius 1 is 1.05 bits per heavy atom. The third-order valence-corrected chi connectivity index (χ3v) is 3.54. The van der Waals surface area contributed by atoms with Crippen LogP contribution in [0.2, 0.25) is 0 Å². The molecule has 0 atom stereocenters. The molecular formula is C17H18N2O. The second-order valence-electron chi connectivity index (χ2n) is 5.00. The number of H-pyrrole nitrogens is 1. The highest BCUT2D eigenvalue weighted by atomic mass is 16.5. The molecule has 0 fully saturated rings. The maximum atomic E-state index is 5.46. The van der Waals surface area contributed by atoms with Crippen molar-refractivity contribution in [2.45, 2.75) is 20.8 Å². The van der Waals surface area contributed by atoms with E-state index in [4.69, 9.17) is 4.74 Å². The summed E-state index contributed by atoms with van der Waals surface area (Å²) >= 11 is 0. The van der Waals surface area contributed by atoms with E-state index in [-0.39, 0.29) is 0 Å². The van der Waals surface area contributed by atoms with Crippen molar-refractivity contribution in [3.63, 3.8) is 0 Å². The molecule has 0 saturated carbocycles. The predicted molar refractivity (Wildman–Crippen MR) is 82.2 cm³/mol. The Bertz CT molecular complexity index is 703. The fourth-order valence-electron chi connectivity index (χ4n) is 2.28. The quantitative estimate of drug-likeness (QED) is 0.769. The van der Waals surface area contributed by atoms with Crippen molar-refractivity contribution in [1.82, 2.24) is 9.97 Å². The van der Waals surface area contributed by atoms with E-state index in [0.29, 0.717) is 6.61 Å². The van der Waals surface area contributed by atoms with Crippen molar-refractivity contribution in [3.8, 4) is 17.1 Å². The third kappa shape index (κ3) is 2.27. The predicted octanol–water partition coefficient (Wildman–Crippen LogP) is 4.25. The van der Waals surface area contributed by atoms with Crippen molar-refractivity contribution < 1.29 is 4.74 Å². The van der Waals surface area contributed by atoms with Crippen LogP contribution in [0.25, 0.3) is 22.4 Å². The molecule has 2 aromatic carbocycles. The Balaban J connectivity index is 2.01. The number of hydrogen-bond donors (Lipinski definition) is 1. The molecule has 3 heteroatoms. The molecule has 0 aliphatic rings. The number of imidazole rings is 1. The summed E-state index contributed by atoms with van der Waals surface area (Å²) in [5.41, 5.74) is 5.70. The van der Waals surface area contributed by atoms with Gasteiger partial charge in [0.05, 0.1) is 17.6 Å². The van der Waals surface area contributed by atoms with Gasteiger partial charge in [-0.1, -0.05) is 0 Å². The molecule has 0 aliphatic carbocycles. The van der Waals surface area contributed by atoms with Crippen LogP contribution in [0.3, 0.4) is 0 Å². The fraction of sp³-hybridized carbons (Fsp3) is 0.235. The van der Waals surface area contributed by atoms with Crippen LogP contribution >= 0.6 is 0 Å². The maximum absolute atomic E-state index is 5.46. The minimum atomic E-state index is 0.683. The molecule has 0 spiro atoms. The lowest BCUT2D eigenvalue weighted by Crippen LogP contribution is -1.90. The fourth-order valence-corrected chi connectivity index (χ4v) is 2.28. The number of aromatic nitrogens is 2. The molecule has 1 heterocycles. The van der Waals surface area contributed by atoms with Crippen LogP contribution in [-0.4, -0.2) is 16.6 Å². The maximum Gasteiger partial charge on any atom is 0.138 e. The van der Waals surface area contributed by atoms with Gasteiger partial charge in [0.15, 0.2) is 0 Å². The molecule has 3 rings (SSSR count). The monoisotopic (exact) mass is 266 g/mol. The molecule has 0 saturated heterocycles. The minimum Gasteiger partial charge on any atom is -0.494 e. The van der Waals surface area contributed by atoms with Gasteiger partial charge in [-0.05, 0) is 68.3 Å². The number of aryl methyl sites for hydroxylation is 2. The summed E-state index contributed by atoms with van der Waals surface area (Å²) in [4.78, 5) is 8.04. The molecule has 0 amide bonds. The van der Waals surface area contributed by atoms with Crippen LogP contribution in [0, 0.1) is 13.8 Å². The molecule has 0 bridgehead atoms. The number of nitrogens with one attached hydrogen (secondary N) is 1. The molecule has 0 aliphatic heterocycles. The molecule has 0 unspecified atom stereocenters. The molecule has 1 N–H and O–H groups in total. The molecule has 1 aromatic heterocycles. The molecule has 3 aromatic rings.